The van der Waals surface area contributed by atoms with Crippen LogP contribution in [0.5, 0.6) is 5.75 Å². The highest BCUT2D eigenvalue weighted by Gasteiger charge is 2.60. The Morgan fingerprint density at radius 3 is 2.20 bits per heavy atom. The molecule has 6 heteroatoms. The van der Waals surface area contributed by atoms with Gasteiger partial charge < -0.3 is 10.5 Å². The Hall–Kier alpha value is -2.63. The lowest BCUT2D eigenvalue weighted by Crippen LogP contribution is -2.38. The fourth-order valence-electron chi connectivity index (χ4n) is 4.61. The first kappa shape index (κ1) is 15.9. The SMILES string of the molecule is COc1ccc(C(CC(N)=O)N2C(=O)C3C4C=CC(C4)C3C2=O)cc1. The summed E-state index contributed by atoms with van der Waals surface area (Å²) in [5, 5.41) is 0. The van der Waals surface area contributed by atoms with Crippen molar-refractivity contribution in [3.8, 4) is 5.75 Å². The van der Waals surface area contributed by atoms with Gasteiger partial charge in [-0.1, -0.05) is 24.3 Å². The van der Waals surface area contributed by atoms with Gasteiger partial charge in [0.25, 0.3) is 0 Å². The number of fused-ring (bicyclic) bond motifs is 5. The molecule has 2 bridgehead atoms. The number of benzene rings is 1. The highest BCUT2D eigenvalue weighted by molar-refractivity contribution is 6.07. The van der Waals surface area contributed by atoms with Crippen molar-refractivity contribution >= 4 is 17.7 Å². The third-order valence-electron chi connectivity index (χ3n) is 5.71. The van der Waals surface area contributed by atoms with Gasteiger partial charge in [-0.15, -0.1) is 0 Å². The first-order valence-corrected chi connectivity index (χ1v) is 8.48. The van der Waals surface area contributed by atoms with Gasteiger partial charge in [0, 0.05) is 0 Å². The molecule has 2 fully saturated rings. The Morgan fingerprint density at radius 1 is 1.16 bits per heavy atom. The van der Waals surface area contributed by atoms with Crippen LogP contribution < -0.4 is 10.5 Å². The Kier molecular flexibility index (Phi) is 3.63. The van der Waals surface area contributed by atoms with Gasteiger partial charge in [-0.3, -0.25) is 19.3 Å². The second-order valence-corrected chi connectivity index (χ2v) is 7.01. The van der Waals surface area contributed by atoms with E-state index in [1.807, 2.05) is 0 Å². The van der Waals surface area contributed by atoms with Crippen LogP contribution in [0, 0.1) is 23.7 Å². The maximum absolute atomic E-state index is 13.0. The molecule has 0 radical (unpaired) electrons. The van der Waals surface area contributed by atoms with Crippen molar-refractivity contribution < 1.29 is 19.1 Å². The van der Waals surface area contributed by atoms with Gasteiger partial charge >= 0.3 is 0 Å². The molecular weight excluding hydrogens is 320 g/mol. The van der Waals surface area contributed by atoms with E-state index in [1.165, 1.54) is 4.90 Å². The summed E-state index contributed by atoms with van der Waals surface area (Å²) < 4.78 is 5.15. The van der Waals surface area contributed by atoms with Gasteiger partial charge in [0.15, 0.2) is 0 Å². The molecule has 5 atom stereocenters. The lowest BCUT2D eigenvalue weighted by molar-refractivity contribution is -0.144. The van der Waals surface area contributed by atoms with Gasteiger partial charge in [-0.2, -0.15) is 0 Å². The minimum absolute atomic E-state index is 0.0774. The molecule has 3 amide bonds. The second-order valence-electron chi connectivity index (χ2n) is 7.01. The number of likely N-dealkylation sites (tertiary alicyclic amines) is 1. The quantitative estimate of drug-likeness (QED) is 0.648. The van der Waals surface area contributed by atoms with Crippen LogP contribution in [0.1, 0.15) is 24.4 Å². The minimum Gasteiger partial charge on any atom is -0.497 e. The topological polar surface area (TPSA) is 89.7 Å². The molecular formula is C19H20N2O4. The second kappa shape index (κ2) is 5.72. The maximum atomic E-state index is 13.0. The van der Waals surface area contributed by atoms with E-state index in [0.717, 1.165) is 6.42 Å². The van der Waals surface area contributed by atoms with Crippen LogP contribution in [0.3, 0.4) is 0 Å². The predicted molar refractivity (Wildman–Crippen MR) is 89.1 cm³/mol. The maximum Gasteiger partial charge on any atom is 0.234 e. The summed E-state index contributed by atoms with van der Waals surface area (Å²) in [6.07, 6.45) is 4.91. The number of amides is 3. The largest absolute Gasteiger partial charge is 0.497 e. The third kappa shape index (κ3) is 2.35. The van der Waals surface area contributed by atoms with E-state index in [4.69, 9.17) is 10.5 Å². The Labute approximate surface area is 145 Å². The number of carbonyl (C=O) groups is 3. The van der Waals surface area contributed by atoms with Gasteiger partial charge in [0.05, 0.1) is 31.4 Å². The summed E-state index contributed by atoms with van der Waals surface area (Å²) in [7, 11) is 1.56. The van der Waals surface area contributed by atoms with Crippen molar-refractivity contribution in [2.45, 2.75) is 18.9 Å². The van der Waals surface area contributed by atoms with Gasteiger partial charge in [-0.05, 0) is 36.0 Å². The molecule has 2 N–H and O–H groups in total. The van der Waals surface area contributed by atoms with E-state index in [1.54, 1.807) is 31.4 Å². The van der Waals surface area contributed by atoms with Crippen LogP contribution in [-0.4, -0.2) is 29.7 Å². The van der Waals surface area contributed by atoms with Gasteiger partial charge in [-0.25, -0.2) is 0 Å². The first-order chi connectivity index (χ1) is 12.0. The average molecular weight is 340 g/mol. The number of nitrogens with zero attached hydrogens (tertiary/aromatic N) is 1. The number of ether oxygens (including phenoxy) is 1. The molecule has 1 heterocycles. The van der Waals surface area contributed by atoms with Crippen molar-refractivity contribution in [3.05, 3.63) is 42.0 Å². The molecule has 3 aliphatic rings. The van der Waals surface area contributed by atoms with E-state index in [9.17, 15) is 14.4 Å². The van der Waals surface area contributed by atoms with Crippen molar-refractivity contribution in [2.75, 3.05) is 7.11 Å². The number of rotatable bonds is 5. The lowest BCUT2D eigenvalue weighted by atomic mass is 9.85. The molecule has 4 rings (SSSR count). The molecule has 130 valence electrons. The average Bonchev–Trinajstić information content (AvgIpc) is 3.27. The summed E-state index contributed by atoms with van der Waals surface area (Å²) in [6, 6.07) is 6.39. The number of carbonyl (C=O) groups excluding carboxylic acids is 3. The normalized spacial score (nSPS) is 30.7. The number of methoxy groups -OCH3 is 1. The number of imide groups is 1. The van der Waals surface area contributed by atoms with Crippen LogP contribution in [0.4, 0.5) is 0 Å². The predicted octanol–water partition coefficient (Wildman–Crippen LogP) is 1.42. The van der Waals surface area contributed by atoms with Crippen molar-refractivity contribution in [1.29, 1.82) is 0 Å². The van der Waals surface area contributed by atoms with Crippen LogP contribution in [0.15, 0.2) is 36.4 Å². The zero-order chi connectivity index (χ0) is 17.7. The summed E-state index contributed by atoms with van der Waals surface area (Å²) in [5.41, 5.74) is 6.11. The number of hydrogen-bond acceptors (Lipinski definition) is 4. The fraction of sp³-hybridized carbons (Fsp3) is 0.421. The number of hydrogen-bond donors (Lipinski definition) is 1. The summed E-state index contributed by atoms with van der Waals surface area (Å²) in [6.45, 7) is 0. The highest BCUT2D eigenvalue weighted by atomic mass is 16.5. The van der Waals surface area contributed by atoms with Gasteiger partial charge in [0.1, 0.15) is 5.75 Å². The van der Waals surface area contributed by atoms with Crippen molar-refractivity contribution in [2.24, 2.45) is 29.4 Å². The molecule has 1 aromatic carbocycles. The molecule has 1 saturated carbocycles. The Bertz CT molecular complexity index is 740. The molecule has 6 nitrogen and oxygen atoms in total. The van der Waals surface area contributed by atoms with E-state index < -0.39 is 11.9 Å². The molecule has 1 aliphatic heterocycles. The summed E-state index contributed by atoms with van der Waals surface area (Å²) in [5.74, 6) is -0.502. The molecule has 1 aromatic rings. The first-order valence-electron chi connectivity index (χ1n) is 8.48. The van der Waals surface area contributed by atoms with Crippen LogP contribution in [0.25, 0.3) is 0 Å². The lowest BCUT2D eigenvalue weighted by Gasteiger charge is -2.27. The molecule has 2 aliphatic carbocycles. The Morgan fingerprint density at radius 2 is 1.72 bits per heavy atom. The number of nitrogens with two attached hydrogens (primary N) is 1. The van der Waals surface area contributed by atoms with Crippen LogP contribution in [-0.2, 0) is 14.4 Å². The number of allylic oxidation sites excluding steroid dienone is 2. The third-order valence-corrected chi connectivity index (χ3v) is 5.71. The highest BCUT2D eigenvalue weighted by Crippen LogP contribution is 2.54. The molecule has 0 aromatic heterocycles. The number of primary amides is 1. The zero-order valence-corrected chi connectivity index (χ0v) is 13.9. The van der Waals surface area contributed by atoms with Gasteiger partial charge in [0.2, 0.25) is 17.7 Å². The zero-order valence-electron chi connectivity index (χ0n) is 13.9. The molecule has 25 heavy (non-hydrogen) atoms. The minimum atomic E-state index is -0.659. The van der Waals surface area contributed by atoms with E-state index in [2.05, 4.69) is 12.2 Å². The molecule has 5 unspecified atom stereocenters. The Balaban J connectivity index is 1.69. The summed E-state index contributed by atoms with van der Waals surface area (Å²) in [4.78, 5) is 38.9. The monoisotopic (exact) mass is 340 g/mol. The van der Waals surface area contributed by atoms with E-state index >= 15 is 0 Å². The summed E-state index contributed by atoms with van der Waals surface area (Å²) >= 11 is 0. The standard InChI is InChI=1S/C19H20N2O4/c1-25-13-6-4-10(5-7-13)14(9-15(20)22)21-18(23)16-11-2-3-12(8-11)17(16)19(21)24/h2-7,11-12,14,16-17H,8-9H2,1H3,(H2,20,22). The fourth-order valence-corrected chi connectivity index (χ4v) is 4.61. The van der Waals surface area contributed by atoms with Crippen molar-refractivity contribution in [1.82, 2.24) is 4.90 Å². The van der Waals surface area contributed by atoms with E-state index in [-0.39, 0.29) is 41.9 Å². The van der Waals surface area contributed by atoms with E-state index in [0.29, 0.717) is 11.3 Å². The van der Waals surface area contributed by atoms with Crippen molar-refractivity contribution in [3.63, 3.8) is 0 Å². The molecule has 0 spiro atoms. The van der Waals surface area contributed by atoms with Crippen LogP contribution >= 0.6 is 0 Å². The smallest absolute Gasteiger partial charge is 0.234 e. The molecule has 1 saturated heterocycles. The van der Waals surface area contributed by atoms with Crippen LogP contribution in [0.2, 0.25) is 0 Å².